The molecule has 2 aromatic rings. The van der Waals surface area contributed by atoms with Crippen LogP contribution >= 0.6 is 11.3 Å². The van der Waals surface area contributed by atoms with E-state index in [-0.39, 0.29) is 11.8 Å². The highest BCUT2D eigenvalue weighted by atomic mass is 32.1. The molecular formula is C23H32N2O3S. The summed E-state index contributed by atoms with van der Waals surface area (Å²) in [6.45, 7) is 6.57. The van der Waals surface area contributed by atoms with Crippen LogP contribution in [0.15, 0.2) is 23.6 Å². The predicted octanol–water partition coefficient (Wildman–Crippen LogP) is 4.89. The number of carbonyl (C=O) groups excluding carboxylic acids is 1. The Labute approximate surface area is 178 Å². The molecular weight excluding hydrogens is 384 g/mol. The zero-order chi connectivity index (χ0) is 20.6. The fourth-order valence-corrected chi connectivity index (χ4v) is 4.50. The van der Waals surface area contributed by atoms with Crippen LogP contribution in [0.1, 0.15) is 53.9 Å². The minimum Gasteiger partial charge on any atom is -0.486 e. The number of hydrogen-bond acceptors (Lipinski definition) is 5. The van der Waals surface area contributed by atoms with Gasteiger partial charge in [0, 0.05) is 31.6 Å². The molecule has 1 fully saturated rings. The average molecular weight is 417 g/mol. The van der Waals surface area contributed by atoms with Gasteiger partial charge in [0.2, 0.25) is 5.91 Å². The maximum absolute atomic E-state index is 13.0. The van der Waals surface area contributed by atoms with Crippen LogP contribution in [0.2, 0.25) is 0 Å². The maximum atomic E-state index is 13.0. The third-order valence-electron chi connectivity index (χ3n) is 5.65. The Kier molecular flexibility index (Phi) is 8.07. The van der Waals surface area contributed by atoms with Gasteiger partial charge in [-0.1, -0.05) is 25.0 Å². The van der Waals surface area contributed by atoms with Crippen LogP contribution in [0.25, 0.3) is 0 Å². The van der Waals surface area contributed by atoms with Gasteiger partial charge in [0.25, 0.3) is 0 Å². The molecule has 1 saturated carbocycles. The van der Waals surface area contributed by atoms with E-state index in [2.05, 4.69) is 19.9 Å². The second kappa shape index (κ2) is 10.7. The molecule has 0 aliphatic heterocycles. The quantitative estimate of drug-likeness (QED) is 0.517. The lowest BCUT2D eigenvalue weighted by atomic mass is 10.1. The van der Waals surface area contributed by atoms with Crippen molar-refractivity contribution in [2.24, 2.45) is 5.92 Å². The summed E-state index contributed by atoms with van der Waals surface area (Å²) in [7, 11) is 1.70. The van der Waals surface area contributed by atoms with Gasteiger partial charge in [-0.2, -0.15) is 0 Å². The summed E-state index contributed by atoms with van der Waals surface area (Å²) >= 11 is 1.59. The van der Waals surface area contributed by atoms with Crippen LogP contribution in [0.5, 0.6) is 5.75 Å². The van der Waals surface area contributed by atoms with Gasteiger partial charge in [0.1, 0.15) is 17.4 Å². The van der Waals surface area contributed by atoms with Crippen LogP contribution in [0.4, 0.5) is 0 Å². The molecule has 6 heteroatoms. The van der Waals surface area contributed by atoms with E-state index in [1.807, 2.05) is 22.4 Å². The lowest BCUT2D eigenvalue weighted by molar-refractivity contribution is -0.136. The molecule has 3 rings (SSSR count). The van der Waals surface area contributed by atoms with Crippen LogP contribution in [0, 0.1) is 19.8 Å². The van der Waals surface area contributed by atoms with Crippen LogP contribution < -0.4 is 4.74 Å². The Balaban J connectivity index is 1.60. The molecule has 0 radical (unpaired) electrons. The molecule has 1 amide bonds. The maximum Gasteiger partial charge on any atom is 0.226 e. The fraction of sp³-hybridized carbons (Fsp3) is 0.565. The van der Waals surface area contributed by atoms with Gasteiger partial charge in [-0.15, -0.1) is 11.3 Å². The molecule has 0 unspecified atom stereocenters. The largest absolute Gasteiger partial charge is 0.486 e. The summed E-state index contributed by atoms with van der Waals surface area (Å²) in [4.78, 5) is 19.7. The van der Waals surface area contributed by atoms with E-state index in [1.165, 1.54) is 18.4 Å². The number of thiazole rings is 1. The van der Waals surface area contributed by atoms with Crippen molar-refractivity contribution in [2.45, 2.75) is 59.1 Å². The number of ether oxygens (including phenoxy) is 2. The van der Waals surface area contributed by atoms with E-state index in [4.69, 9.17) is 14.5 Å². The van der Waals surface area contributed by atoms with E-state index in [0.717, 1.165) is 47.8 Å². The third-order valence-corrected chi connectivity index (χ3v) is 6.52. The molecule has 1 aromatic heterocycles. The summed E-state index contributed by atoms with van der Waals surface area (Å²) in [6.07, 6.45) is 5.22. The zero-order valence-corrected chi connectivity index (χ0v) is 18.6. The van der Waals surface area contributed by atoms with Gasteiger partial charge in [0.15, 0.2) is 0 Å². The average Bonchev–Trinajstić information content (AvgIpc) is 3.40. The van der Waals surface area contributed by atoms with Gasteiger partial charge in [-0.25, -0.2) is 4.98 Å². The summed E-state index contributed by atoms with van der Waals surface area (Å²) in [6, 6.07) is 6.09. The molecule has 1 aromatic carbocycles. The molecule has 0 atom stereocenters. The van der Waals surface area contributed by atoms with E-state index in [9.17, 15) is 4.79 Å². The molecule has 29 heavy (non-hydrogen) atoms. The van der Waals surface area contributed by atoms with Crippen LogP contribution in [-0.2, 0) is 22.7 Å². The molecule has 1 aliphatic carbocycles. The predicted molar refractivity (Wildman–Crippen MR) is 116 cm³/mol. The molecule has 1 heterocycles. The zero-order valence-electron chi connectivity index (χ0n) is 17.8. The highest BCUT2D eigenvalue weighted by Crippen LogP contribution is 2.27. The van der Waals surface area contributed by atoms with Crippen molar-refractivity contribution in [1.82, 2.24) is 9.88 Å². The molecule has 0 bridgehead atoms. The summed E-state index contributed by atoms with van der Waals surface area (Å²) < 4.78 is 11.2. The fourth-order valence-electron chi connectivity index (χ4n) is 3.80. The van der Waals surface area contributed by atoms with Gasteiger partial charge in [0.05, 0.1) is 12.2 Å². The van der Waals surface area contributed by atoms with Crippen molar-refractivity contribution in [1.29, 1.82) is 0 Å². The number of aromatic nitrogens is 1. The number of carbonyl (C=O) groups is 1. The van der Waals surface area contributed by atoms with E-state index < -0.39 is 0 Å². The summed E-state index contributed by atoms with van der Waals surface area (Å²) in [5.74, 6) is 1.36. The van der Waals surface area contributed by atoms with Crippen molar-refractivity contribution in [3.63, 3.8) is 0 Å². The van der Waals surface area contributed by atoms with Crippen LogP contribution in [0.3, 0.4) is 0 Å². The van der Waals surface area contributed by atoms with E-state index in [0.29, 0.717) is 19.8 Å². The van der Waals surface area contributed by atoms with Crippen LogP contribution in [-0.4, -0.2) is 36.1 Å². The van der Waals surface area contributed by atoms with Gasteiger partial charge >= 0.3 is 0 Å². The first-order valence-corrected chi connectivity index (χ1v) is 11.4. The Morgan fingerprint density at radius 3 is 2.83 bits per heavy atom. The Bertz CT molecular complexity index is 799. The van der Waals surface area contributed by atoms with Crippen molar-refractivity contribution in [3.05, 3.63) is 45.4 Å². The van der Waals surface area contributed by atoms with Crippen molar-refractivity contribution < 1.29 is 14.3 Å². The number of nitrogens with zero attached hydrogens (tertiary/aromatic N) is 2. The standard InChI is InChI=1S/C23H32N2O3S/c1-17-8-6-11-21(18(17)2)28-15-22-24-20(16-29-22)14-25(12-7-13-27-3)23(26)19-9-4-5-10-19/h6,8,11,16,19H,4-5,7,9-10,12-15H2,1-3H3. The lowest BCUT2D eigenvalue weighted by Crippen LogP contribution is -2.36. The third kappa shape index (κ3) is 6.03. The molecule has 5 nitrogen and oxygen atoms in total. The minimum absolute atomic E-state index is 0.184. The van der Waals surface area contributed by atoms with Crippen molar-refractivity contribution in [3.8, 4) is 5.75 Å². The van der Waals surface area contributed by atoms with E-state index in [1.54, 1.807) is 18.4 Å². The molecule has 0 spiro atoms. The van der Waals surface area contributed by atoms with Gasteiger partial charge in [-0.3, -0.25) is 4.79 Å². The first-order valence-electron chi connectivity index (χ1n) is 10.5. The van der Waals surface area contributed by atoms with E-state index >= 15 is 0 Å². The molecule has 0 N–H and O–H groups in total. The first-order chi connectivity index (χ1) is 14.1. The highest BCUT2D eigenvalue weighted by molar-refractivity contribution is 7.09. The normalized spacial score (nSPS) is 14.3. The SMILES string of the molecule is COCCCN(Cc1csc(COc2cccc(C)c2C)n1)C(=O)C1CCCC1. The molecule has 0 saturated heterocycles. The van der Waals surface area contributed by atoms with Crippen molar-refractivity contribution in [2.75, 3.05) is 20.3 Å². The smallest absolute Gasteiger partial charge is 0.226 e. The summed E-state index contributed by atoms with van der Waals surface area (Å²) in [5, 5.41) is 2.98. The number of hydrogen-bond donors (Lipinski definition) is 0. The van der Waals surface area contributed by atoms with Gasteiger partial charge < -0.3 is 14.4 Å². The number of benzene rings is 1. The summed E-state index contributed by atoms with van der Waals surface area (Å²) in [5.41, 5.74) is 3.33. The second-order valence-electron chi connectivity index (χ2n) is 7.81. The highest BCUT2D eigenvalue weighted by Gasteiger charge is 2.27. The lowest BCUT2D eigenvalue weighted by Gasteiger charge is -2.25. The number of methoxy groups -OCH3 is 1. The Morgan fingerprint density at radius 2 is 2.07 bits per heavy atom. The Hall–Kier alpha value is -1.92. The number of rotatable bonds is 10. The van der Waals surface area contributed by atoms with Gasteiger partial charge in [-0.05, 0) is 50.3 Å². The Morgan fingerprint density at radius 1 is 1.28 bits per heavy atom. The monoisotopic (exact) mass is 416 g/mol. The number of aryl methyl sites for hydroxylation is 1. The minimum atomic E-state index is 0.184. The second-order valence-corrected chi connectivity index (χ2v) is 8.75. The molecule has 158 valence electrons. The molecule has 1 aliphatic rings. The topological polar surface area (TPSA) is 51.7 Å². The number of amides is 1. The first kappa shape index (κ1) is 21.8. The van der Waals surface area contributed by atoms with Crippen molar-refractivity contribution >= 4 is 17.2 Å².